The lowest BCUT2D eigenvalue weighted by atomic mass is 10.0. The molecule has 1 aliphatic carbocycles. The van der Waals surface area contributed by atoms with Crippen LogP contribution in [0.15, 0.2) is 169 Å². The maximum absolute atomic E-state index is 6.80. The molecule has 0 N–H and O–H groups in total. The van der Waals surface area contributed by atoms with Crippen molar-refractivity contribution in [1.82, 2.24) is 0 Å². The molecule has 2 aliphatic rings. The van der Waals surface area contributed by atoms with Crippen molar-refractivity contribution in [3.05, 3.63) is 175 Å². The van der Waals surface area contributed by atoms with Crippen LogP contribution in [0.4, 0.5) is 0 Å². The highest BCUT2D eigenvalue weighted by Crippen LogP contribution is 2.53. The van der Waals surface area contributed by atoms with Crippen molar-refractivity contribution in [2.24, 2.45) is 0 Å². The van der Waals surface area contributed by atoms with Gasteiger partial charge >= 0.3 is 0 Å². The highest BCUT2D eigenvalue weighted by Gasteiger charge is 2.31. The van der Waals surface area contributed by atoms with E-state index in [9.17, 15) is 0 Å². The Morgan fingerprint density at radius 3 is 1.63 bits per heavy atom. The molecule has 5 aromatic rings. The van der Waals surface area contributed by atoms with Crippen LogP contribution in [-0.2, 0) is 4.74 Å². The monoisotopic (exact) mass is 594 g/mol. The van der Waals surface area contributed by atoms with E-state index in [0.717, 1.165) is 35.2 Å². The molecule has 0 saturated heterocycles. The summed E-state index contributed by atoms with van der Waals surface area (Å²) < 4.78 is 13.5. The van der Waals surface area contributed by atoms with Crippen LogP contribution in [0, 0.1) is 0 Å². The fraction of sp³-hybridized carbons (Fsp3) is 0.0769. The van der Waals surface area contributed by atoms with Crippen molar-refractivity contribution < 1.29 is 9.47 Å². The van der Waals surface area contributed by atoms with Gasteiger partial charge in [-0.05, 0) is 67.3 Å². The first-order chi connectivity index (χ1) is 21.4. The molecule has 0 bridgehead atoms. The first-order valence-corrected chi connectivity index (χ1v) is 17.4. The Labute approximate surface area is 256 Å². The van der Waals surface area contributed by atoms with Gasteiger partial charge in [0, 0.05) is 16.5 Å². The number of benzene rings is 5. The summed E-state index contributed by atoms with van der Waals surface area (Å²) in [6, 6.07) is 50.1. The van der Waals surface area contributed by atoms with Gasteiger partial charge in [0.25, 0.3) is 0 Å². The van der Waals surface area contributed by atoms with Crippen molar-refractivity contribution >= 4 is 47.7 Å². The van der Waals surface area contributed by atoms with E-state index in [1.807, 2.05) is 6.26 Å². The van der Waals surface area contributed by atoms with E-state index < -0.39 is 15.8 Å². The van der Waals surface area contributed by atoms with Gasteiger partial charge in [-0.25, -0.2) is 0 Å². The average Bonchev–Trinajstić information content (AvgIpc) is 3.16. The molecule has 7 rings (SSSR count). The van der Waals surface area contributed by atoms with E-state index >= 15 is 0 Å². The average molecular weight is 595 g/mol. The van der Waals surface area contributed by atoms with E-state index in [-0.39, 0.29) is 0 Å². The van der Waals surface area contributed by atoms with Crippen molar-refractivity contribution in [3.63, 3.8) is 0 Å². The molecular formula is C39H32O2P2. The number of rotatable bonds is 6. The molecule has 1 heterocycles. The number of fused-ring (bicyclic) bond motifs is 1. The van der Waals surface area contributed by atoms with Crippen LogP contribution in [0.2, 0.25) is 0 Å². The maximum Gasteiger partial charge on any atom is 0.128 e. The molecule has 0 radical (unpaired) electrons. The first-order valence-electron chi connectivity index (χ1n) is 14.7. The van der Waals surface area contributed by atoms with Gasteiger partial charge in [0.1, 0.15) is 24.4 Å². The van der Waals surface area contributed by atoms with E-state index in [0.29, 0.717) is 6.61 Å². The Bertz CT molecular complexity index is 1700. The lowest BCUT2D eigenvalue weighted by Gasteiger charge is -2.28. The van der Waals surface area contributed by atoms with Gasteiger partial charge in [0.15, 0.2) is 0 Å². The van der Waals surface area contributed by atoms with E-state index in [4.69, 9.17) is 9.47 Å². The summed E-state index contributed by atoms with van der Waals surface area (Å²) in [5, 5.41) is 7.59. The van der Waals surface area contributed by atoms with Gasteiger partial charge in [0.05, 0.1) is 0 Å². The lowest BCUT2D eigenvalue weighted by Crippen LogP contribution is -2.25. The van der Waals surface area contributed by atoms with Crippen LogP contribution in [-0.4, -0.2) is 6.61 Å². The van der Waals surface area contributed by atoms with Gasteiger partial charge in [-0.1, -0.05) is 140 Å². The summed E-state index contributed by atoms with van der Waals surface area (Å²) in [6.07, 6.45) is 8.29. The minimum atomic E-state index is -0.980. The largest absolute Gasteiger partial charge is 0.488 e. The van der Waals surface area contributed by atoms with E-state index in [1.165, 1.54) is 32.1 Å². The molecule has 0 atom stereocenters. The van der Waals surface area contributed by atoms with Crippen molar-refractivity contribution in [1.29, 1.82) is 0 Å². The third-order valence-corrected chi connectivity index (χ3v) is 12.7. The smallest absolute Gasteiger partial charge is 0.128 e. The standard InChI is InChI=1S/C39H32O2P2/c1-5-17-31(18-6-1)42(32-19-7-2-8-20-32)37-27-15-26-36-39(37)38(29-41-35-25-14-13-16-30(35)28-40-36)43(33-21-9-3-10-22-33)34-23-11-4-12-24-34/h1-12,14-15,17-27,29H,13,16,28H2/b38-29+. The first kappa shape index (κ1) is 27.6. The number of hydrogen-bond donors (Lipinski definition) is 0. The maximum atomic E-state index is 6.80. The van der Waals surface area contributed by atoms with Crippen LogP contribution in [0.25, 0.3) is 5.31 Å². The second kappa shape index (κ2) is 13.0. The predicted octanol–water partition coefficient (Wildman–Crippen LogP) is 7.89. The summed E-state index contributed by atoms with van der Waals surface area (Å²) >= 11 is 0. The molecule has 4 heteroatoms. The molecule has 210 valence electrons. The molecule has 0 spiro atoms. The molecule has 0 unspecified atom stereocenters. The van der Waals surface area contributed by atoms with Crippen LogP contribution < -0.4 is 31.3 Å². The number of allylic oxidation sites excluding steroid dienone is 2. The molecule has 2 nitrogen and oxygen atoms in total. The summed E-state index contributed by atoms with van der Waals surface area (Å²) in [6.45, 7) is 0.514. The van der Waals surface area contributed by atoms with Gasteiger partial charge in [0.2, 0.25) is 0 Å². The summed E-state index contributed by atoms with van der Waals surface area (Å²) in [4.78, 5) is 0. The second-order valence-corrected chi connectivity index (χ2v) is 14.9. The highest BCUT2D eigenvalue weighted by atomic mass is 31.1. The van der Waals surface area contributed by atoms with Crippen LogP contribution in [0.5, 0.6) is 5.75 Å². The molecule has 5 aromatic carbocycles. The molecule has 0 aromatic heterocycles. The molecule has 43 heavy (non-hydrogen) atoms. The number of hydrogen-bond acceptors (Lipinski definition) is 2. The molecule has 1 aliphatic heterocycles. The third kappa shape index (κ3) is 5.87. The summed E-state index contributed by atoms with van der Waals surface area (Å²) in [5.41, 5.74) is 2.34. The SMILES string of the molecule is C1=CC2=C(CC1)COc1cccc(P(c3ccccc3)c3ccccc3)c1/C(P(c1ccccc1)c1ccccc1)=C\O2. The minimum Gasteiger partial charge on any atom is -0.488 e. The fourth-order valence-corrected chi connectivity index (χ4v) is 10.7. The Morgan fingerprint density at radius 2 is 1.07 bits per heavy atom. The van der Waals surface area contributed by atoms with Crippen LogP contribution >= 0.6 is 15.8 Å². The zero-order valence-corrected chi connectivity index (χ0v) is 25.6. The second-order valence-electron chi connectivity index (χ2n) is 10.5. The van der Waals surface area contributed by atoms with Crippen molar-refractivity contribution in [2.45, 2.75) is 12.8 Å². The van der Waals surface area contributed by atoms with Gasteiger partial charge < -0.3 is 9.47 Å². The molecule has 0 fully saturated rings. The normalized spacial score (nSPS) is 15.7. The predicted molar refractivity (Wildman–Crippen MR) is 184 cm³/mol. The highest BCUT2D eigenvalue weighted by molar-refractivity contribution is 7.83. The Kier molecular flexibility index (Phi) is 8.32. The Balaban J connectivity index is 1.52. The molecule has 0 amide bonds. The quantitative estimate of drug-likeness (QED) is 0.186. The number of ether oxygens (including phenoxy) is 2. The zero-order valence-electron chi connectivity index (χ0n) is 23.8. The molecular weight excluding hydrogens is 562 g/mol. The lowest BCUT2D eigenvalue weighted by molar-refractivity contribution is 0.320. The van der Waals surface area contributed by atoms with Crippen molar-refractivity contribution in [3.8, 4) is 5.75 Å². The Hall–Kier alpha value is -4.22. The summed E-state index contributed by atoms with van der Waals surface area (Å²) in [7, 11) is -1.87. The fourth-order valence-electron chi connectivity index (χ4n) is 5.71. The minimum absolute atomic E-state index is 0.514. The molecule has 0 saturated carbocycles. The van der Waals surface area contributed by atoms with E-state index in [2.05, 4.69) is 152 Å². The summed E-state index contributed by atoms with van der Waals surface area (Å²) in [5.74, 6) is 1.82. The Morgan fingerprint density at radius 1 is 0.535 bits per heavy atom. The van der Waals surface area contributed by atoms with Gasteiger partial charge in [-0.15, -0.1) is 0 Å². The zero-order chi connectivity index (χ0) is 28.8. The van der Waals surface area contributed by atoms with Gasteiger partial charge in [-0.3, -0.25) is 0 Å². The van der Waals surface area contributed by atoms with Crippen LogP contribution in [0.1, 0.15) is 18.4 Å². The topological polar surface area (TPSA) is 18.5 Å². The van der Waals surface area contributed by atoms with Crippen LogP contribution in [0.3, 0.4) is 0 Å². The van der Waals surface area contributed by atoms with E-state index in [1.54, 1.807) is 0 Å². The van der Waals surface area contributed by atoms with Gasteiger partial charge in [-0.2, -0.15) is 0 Å². The third-order valence-electron chi connectivity index (χ3n) is 7.73. The van der Waals surface area contributed by atoms with Crippen molar-refractivity contribution in [2.75, 3.05) is 6.61 Å².